The van der Waals surface area contributed by atoms with E-state index in [9.17, 15) is 9.59 Å². The molecule has 0 saturated carbocycles. The number of aromatic nitrogens is 2. The zero-order valence-electron chi connectivity index (χ0n) is 16.4. The normalized spacial score (nSPS) is 20.3. The number of fused-ring (bicyclic) bond motifs is 1. The van der Waals surface area contributed by atoms with Crippen molar-refractivity contribution in [2.24, 2.45) is 10.3 Å². The molecule has 0 spiro atoms. The molecule has 1 aromatic heterocycles. The van der Waals surface area contributed by atoms with E-state index < -0.39 is 12.1 Å². The van der Waals surface area contributed by atoms with E-state index in [1.165, 1.54) is 10.6 Å². The molecular formula is C21H18N6O3. The van der Waals surface area contributed by atoms with E-state index in [-0.39, 0.29) is 18.4 Å². The number of rotatable bonds is 4. The van der Waals surface area contributed by atoms with Crippen molar-refractivity contribution >= 4 is 17.5 Å². The molecule has 0 bridgehead atoms. The molecule has 0 radical (unpaired) electrons. The topological polar surface area (TPSA) is 104 Å². The first-order valence-corrected chi connectivity index (χ1v) is 9.53. The Balaban J connectivity index is 1.36. The minimum atomic E-state index is -0.861. The number of carbonyl (C=O) groups is 2. The van der Waals surface area contributed by atoms with Crippen LogP contribution < -0.4 is 4.90 Å². The summed E-state index contributed by atoms with van der Waals surface area (Å²) in [6, 6.07) is 13.1. The van der Waals surface area contributed by atoms with Gasteiger partial charge in [0.1, 0.15) is 6.54 Å². The summed E-state index contributed by atoms with van der Waals surface area (Å²) in [6.45, 7) is 4.14. The van der Waals surface area contributed by atoms with Crippen LogP contribution in [0.3, 0.4) is 0 Å². The molecule has 3 aromatic rings. The number of nitrogens with zero attached hydrogens (tertiary/aromatic N) is 6. The van der Waals surface area contributed by atoms with Gasteiger partial charge in [0.05, 0.1) is 5.69 Å². The lowest BCUT2D eigenvalue weighted by molar-refractivity contribution is -0.123. The standard InChI is InChI=1S/C21H18N6O3/c1-12-8-9-14(10-13(12)2)19-22-16(30-24-19)11-26-18-17(23-25-26)20(28)27(21(18)29)15-6-4-3-5-7-15/h3-10,17-18H,11H2,1-2H3/t17-,18-/m1/s1. The molecule has 9 nitrogen and oxygen atoms in total. The summed E-state index contributed by atoms with van der Waals surface area (Å²) in [6.07, 6.45) is 0. The van der Waals surface area contributed by atoms with Gasteiger partial charge >= 0.3 is 0 Å². The summed E-state index contributed by atoms with van der Waals surface area (Å²) in [5, 5.41) is 13.5. The Bertz CT molecular complexity index is 1170. The third-order valence-electron chi connectivity index (χ3n) is 5.40. The van der Waals surface area contributed by atoms with Crippen LogP contribution in [0, 0.1) is 13.8 Å². The van der Waals surface area contributed by atoms with Crippen LogP contribution in [0.25, 0.3) is 11.4 Å². The molecule has 1 fully saturated rings. The second-order valence-electron chi connectivity index (χ2n) is 7.35. The summed E-state index contributed by atoms with van der Waals surface area (Å²) in [7, 11) is 0. The predicted octanol–water partition coefficient (Wildman–Crippen LogP) is 2.85. The number of amides is 2. The van der Waals surface area contributed by atoms with Crippen molar-refractivity contribution in [3.8, 4) is 11.4 Å². The van der Waals surface area contributed by atoms with Crippen LogP contribution in [-0.4, -0.2) is 39.0 Å². The van der Waals surface area contributed by atoms with Crippen LogP contribution in [0.1, 0.15) is 17.0 Å². The average molecular weight is 402 g/mol. The van der Waals surface area contributed by atoms with Crippen LogP contribution in [-0.2, 0) is 16.1 Å². The Hall–Kier alpha value is -3.88. The van der Waals surface area contributed by atoms with Gasteiger partial charge in [-0.1, -0.05) is 40.7 Å². The molecule has 3 heterocycles. The number of imide groups is 1. The fourth-order valence-corrected chi connectivity index (χ4v) is 3.64. The molecule has 30 heavy (non-hydrogen) atoms. The lowest BCUT2D eigenvalue weighted by Gasteiger charge is -2.19. The molecule has 150 valence electrons. The van der Waals surface area contributed by atoms with Crippen molar-refractivity contribution in [3.63, 3.8) is 0 Å². The summed E-state index contributed by atoms with van der Waals surface area (Å²) in [4.78, 5) is 31.3. The summed E-state index contributed by atoms with van der Waals surface area (Å²) in [5.74, 6) is 0.000609. The minimum Gasteiger partial charge on any atom is -0.337 e. The van der Waals surface area contributed by atoms with Gasteiger partial charge in [0.2, 0.25) is 11.7 Å². The Morgan fingerprint density at radius 2 is 1.80 bits per heavy atom. The first kappa shape index (κ1) is 18.2. The lowest BCUT2D eigenvalue weighted by atomic mass is 10.1. The maximum atomic E-state index is 13.0. The van der Waals surface area contributed by atoms with Gasteiger partial charge in [-0.2, -0.15) is 10.1 Å². The van der Waals surface area contributed by atoms with Crippen molar-refractivity contribution in [2.75, 3.05) is 4.90 Å². The van der Waals surface area contributed by atoms with Crippen molar-refractivity contribution in [2.45, 2.75) is 32.5 Å². The number of carbonyl (C=O) groups excluding carboxylic acids is 2. The van der Waals surface area contributed by atoms with Crippen LogP contribution in [0.2, 0.25) is 0 Å². The molecule has 2 atom stereocenters. The predicted molar refractivity (Wildman–Crippen MR) is 106 cm³/mol. The largest absolute Gasteiger partial charge is 0.337 e. The number of hydrogen-bond acceptors (Lipinski definition) is 8. The average Bonchev–Trinajstić information content (AvgIpc) is 3.43. The van der Waals surface area contributed by atoms with Gasteiger partial charge < -0.3 is 4.52 Å². The molecule has 9 heteroatoms. The number of anilines is 1. The van der Waals surface area contributed by atoms with Gasteiger partial charge in [0.25, 0.3) is 11.8 Å². The summed E-state index contributed by atoms with van der Waals surface area (Å²) in [5.41, 5.74) is 3.67. The quantitative estimate of drug-likeness (QED) is 0.622. The highest BCUT2D eigenvalue weighted by atomic mass is 16.5. The summed E-state index contributed by atoms with van der Waals surface area (Å²) < 4.78 is 5.36. The second kappa shape index (κ2) is 6.87. The SMILES string of the molecule is Cc1ccc(-c2noc(CN3N=N[C@H]4C(=O)N(c5ccccc5)C(=O)[C@@H]43)n2)cc1C. The monoisotopic (exact) mass is 402 g/mol. The molecule has 0 aliphatic carbocycles. The highest BCUT2D eigenvalue weighted by Crippen LogP contribution is 2.32. The van der Waals surface area contributed by atoms with Gasteiger partial charge in [-0.05, 0) is 43.2 Å². The highest BCUT2D eigenvalue weighted by Gasteiger charge is 2.55. The zero-order chi connectivity index (χ0) is 20.8. The van der Waals surface area contributed by atoms with E-state index in [0.717, 1.165) is 16.0 Å². The fourth-order valence-electron chi connectivity index (χ4n) is 3.64. The number of benzene rings is 2. The van der Waals surface area contributed by atoms with Crippen LogP contribution in [0.5, 0.6) is 0 Å². The van der Waals surface area contributed by atoms with Crippen LogP contribution >= 0.6 is 0 Å². The van der Waals surface area contributed by atoms with E-state index >= 15 is 0 Å². The number of aryl methyl sites for hydroxylation is 2. The zero-order valence-corrected chi connectivity index (χ0v) is 16.4. The van der Waals surface area contributed by atoms with Crippen molar-refractivity contribution < 1.29 is 14.1 Å². The first-order chi connectivity index (χ1) is 14.5. The van der Waals surface area contributed by atoms with E-state index in [2.05, 4.69) is 20.5 Å². The van der Waals surface area contributed by atoms with Gasteiger partial charge in [0.15, 0.2) is 12.1 Å². The van der Waals surface area contributed by atoms with E-state index in [4.69, 9.17) is 4.52 Å². The van der Waals surface area contributed by atoms with E-state index in [1.54, 1.807) is 24.3 Å². The Kier molecular flexibility index (Phi) is 4.16. The molecule has 5 rings (SSSR count). The first-order valence-electron chi connectivity index (χ1n) is 9.53. The molecule has 0 unspecified atom stereocenters. The fraction of sp³-hybridized carbons (Fsp3) is 0.238. The molecule has 2 aliphatic rings. The summed E-state index contributed by atoms with van der Waals surface area (Å²) >= 11 is 0. The Labute approximate surface area is 172 Å². The van der Waals surface area contributed by atoms with Crippen molar-refractivity contribution in [1.82, 2.24) is 15.1 Å². The Morgan fingerprint density at radius 1 is 1.00 bits per heavy atom. The molecule has 2 amide bonds. The second-order valence-corrected chi connectivity index (χ2v) is 7.35. The van der Waals surface area contributed by atoms with Gasteiger partial charge in [0, 0.05) is 5.56 Å². The number of hydrogen-bond donors (Lipinski definition) is 0. The minimum absolute atomic E-state index is 0.0875. The van der Waals surface area contributed by atoms with E-state index in [0.29, 0.717) is 17.4 Å². The molecule has 2 aromatic carbocycles. The Morgan fingerprint density at radius 3 is 2.57 bits per heavy atom. The number of para-hydroxylation sites is 1. The molecule has 0 N–H and O–H groups in total. The van der Waals surface area contributed by atoms with Gasteiger partial charge in [-0.15, -0.1) is 0 Å². The molecule has 2 aliphatic heterocycles. The maximum absolute atomic E-state index is 13.0. The molecular weight excluding hydrogens is 384 g/mol. The van der Waals surface area contributed by atoms with E-state index in [1.807, 2.05) is 38.1 Å². The van der Waals surface area contributed by atoms with Crippen molar-refractivity contribution in [1.29, 1.82) is 0 Å². The maximum Gasteiger partial charge on any atom is 0.263 e. The smallest absolute Gasteiger partial charge is 0.263 e. The third kappa shape index (κ3) is 2.86. The molecule has 1 saturated heterocycles. The third-order valence-corrected chi connectivity index (χ3v) is 5.40. The lowest BCUT2D eigenvalue weighted by Crippen LogP contribution is -2.39. The van der Waals surface area contributed by atoms with Crippen molar-refractivity contribution in [3.05, 3.63) is 65.5 Å². The van der Waals surface area contributed by atoms with Crippen LogP contribution in [0.4, 0.5) is 5.69 Å². The van der Waals surface area contributed by atoms with Crippen LogP contribution in [0.15, 0.2) is 63.4 Å². The van der Waals surface area contributed by atoms with Gasteiger partial charge in [-0.3, -0.25) is 14.6 Å². The van der Waals surface area contributed by atoms with Gasteiger partial charge in [-0.25, -0.2) is 4.90 Å². The highest BCUT2D eigenvalue weighted by molar-refractivity contribution is 6.25.